The third kappa shape index (κ3) is 7.31. The first-order chi connectivity index (χ1) is 20.5. The molecule has 8 nitrogen and oxygen atoms in total. The second kappa shape index (κ2) is 12.4. The molecule has 0 aliphatic carbocycles. The molecule has 5 rings (SSSR count). The van der Waals surface area contributed by atoms with Gasteiger partial charge >= 0.3 is 6.36 Å². The minimum absolute atomic E-state index is 0.0959. The maximum Gasteiger partial charge on any atom is 0.573 e. The maximum atomic E-state index is 12.8. The number of thioether (sulfide) groups is 1. The normalized spacial score (nSPS) is 14.6. The van der Waals surface area contributed by atoms with Crippen LogP contribution in [0.25, 0.3) is 17.1 Å². The number of alkyl halides is 3. The monoisotopic (exact) mass is 607 g/mol. The summed E-state index contributed by atoms with van der Waals surface area (Å²) < 4.78 is 42.5. The van der Waals surface area contributed by atoms with Crippen LogP contribution < -0.4 is 9.64 Å². The van der Waals surface area contributed by atoms with Crippen LogP contribution in [0.4, 0.5) is 18.9 Å². The van der Waals surface area contributed by atoms with Gasteiger partial charge in [-0.15, -0.1) is 18.3 Å². The van der Waals surface area contributed by atoms with Gasteiger partial charge in [-0.2, -0.15) is 4.99 Å². The predicted molar refractivity (Wildman–Crippen MR) is 159 cm³/mol. The second-order valence-corrected chi connectivity index (χ2v) is 11.2. The quantitative estimate of drug-likeness (QED) is 0.217. The molecule has 4 aromatic rings. The molecule has 3 aromatic carbocycles. The lowest BCUT2D eigenvalue weighted by Gasteiger charge is -2.22. The molecule has 0 N–H and O–H groups in total. The van der Waals surface area contributed by atoms with Gasteiger partial charge in [-0.05, 0) is 60.7 Å². The van der Waals surface area contributed by atoms with Crippen molar-refractivity contribution < 1.29 is 27.5 Å². The third-order valence-corrected chi connectivity index (χ3v) is 7.62. The molecule has 0 atom stereocenters. The Bertz CT molecular complexity index is 1670. The van der Waals surface area contributed by atoms with E-state index in [1.54, 1.807) is 4.90 Å². The Morgan fingerprint density at radius 1 is 1.07 bits per heavy atom. The molecule has 0 unspecified atom stereocenters. The highest BCUT2D eigenvalue weighted by molar-refractivity contribution is 8.15. The average molecular weight is 608 g/mol. The SMILES string of the molecule is Cc1ccc(N2C(=O)CSC2=NC(=O)CCc2ccc(-c3ncn(-c4ccc(OC(F)(F)F)cc4)n3)cc2)c(C(C)C)c1. The van der Waals surface area contributed by atoms with E-state index >= 15 is 0 Å². The van der Waals surface area contributed by atoms with Crippen LogP contribution in [0.5, 0.6) is 5.75 Å². The number of benzene rings is 3. The van der Waals surface area contributed by atoms with E-state index in [0.29, 0.717) is 23.1 Å². The second-order valence-electron chi connectivity index (χ2n) is 10.3. The molecule has 1 saturated heterocycles. The van der Waals surface area contributed by atoms with Crippen LogP contribution >= 0.6 is 11.8 Å². The van der Waals surface area contributed by atoms with Crippen molar-refractivity contribution in [1.29, 1.82) is 0 Å². The number of hydrogen-bond donors (Lipinski definition) is 0. The van der Waals surface area contributed by atoms with Gasteiger partial charge in [0.05, 0.1) is 17.1 Å². The summed E-state index contributed by atoms with van der Waals surface area (Å²) >= 11 is 1.27. The number of ether oxygens (including phenoxy) is 1. The molecule has 12 heteroatoms. The molecule has 0 bridgehead atoms. The van der Waals surface area contributed by atoms with E-state index in [1.165, 1.54) is 47.0 Å². The van der Waals surface area contributed by atoms with E-state index in [-0.39, 0.29) is 35.7 Å². The fraction of sp³-hybridized carbons (Fsp3) is 0.258. The standard InChI is InChI=1S/C31H28F3N5O3S/c1-19(2)25-16-20(3)4-14-26(25)39-28(41)17-43-30(39)36-27(40)15-7-21-5-8-22(9-6-21)29-35-18-38(37-29)23-10-12-24(13-11-23)42-31(32,33)34/h4-6,8-14,16,18-19H,7,15,17H2,1-3H3. The van der Waals surface area contributed by atoms with Crippen LogP contribution in [-0.2, 0) is 16.0 Å². The van der Waals surface area contributed by atoms with Gasteiger partial charge < -0.3 is 4.74 Å². The number of nitrogens with zero attached hydrogens (tertiary/aromatic N) is 5. The smallest absolute Gasteiger partial charge is 0.406 e. The highest BCUT2D eigenvalue weighted by Crippen LogP contribution is 2.34. The molecule has 2 amide bonds. The number of hydrogen-bond acceptors (Lipinski definition) is 6. The third-order valence-electron chi connectivity index (χ3n) is 6.70. The number of rotatable bonds is 8. The number of amides is 2. The van der Waals surface area contributed by atoms with Crippen molar-refractivity contribution in [3.8, 4) is 22.8 Å². The Kier molecular flexibility index (Phi) is 8.67. The van der Waals surface area contributed by atoms with Crippen LogP contribution in [0.1, 0.15) is 42.9 Å². The summed E-state index contributed by atoms with van der Waals surface area (Å²) in [7, 11) is 0. The van der Waals surface area contributed by atoms with E-state index < -0.39 is 6.36 Å². The number of amidine groups is 1. The summed E-state index contributed by atoms with van der Waals surface area (Å²) in [6.07, 6.45) is -2.65. The van der Waals surface area contributed by atoms with Gasteiger partial charge in [-0.25, -0.2) is 9.67 Å². The fourth-order valence-electron chi connectivity index (χ4n) is 4.58. The Balaban J connectivity index is 1.22. The molecule has 1 fully saturated rings. The first kappa shape index (κ1) is 30.0. The summed E-state index contributed by atoms with van der Waals surface area (Å²) in [5.41, 5.74) is 5.08. The topological polar surface area (TPSA) is 89.7 Å². The lowest BCUT2D eigenvalue weighted by Crippen LogP contribution is -2.31. The highest BCUT2D eigenvalue weighted by Gasteiger charge is 2.32. The van der Waals surface area contributed by atoms with Crippen LogP contribution in [-0.4, -0.2) is 43.9 Å². The predicted octanol–water partition coefficient (Wildman–Crippen LogP) is 6.86. The van der Waals surface area contributed by atoms with E-state index in [2.05, 4.69) is 39.7 Å². The van der Waals surface area contributed by atoms with Crippen molar-refractivity contribution in [1.82, 2.24) is 14.8 Å². The molecule has 1 aliphatic rings. The Hall–Kier alpha value is -4.45. The van der Waals surface area contributed by atoms with Crippen molar-refractivity contribution in [2.75, 3.05) is 10.7 Å². The summed E-state index contributed by atoms with van der Waals surface area (Å²) in [6.45, 7) is 6.15. The first-order valence-corrected chi connectivity index (χ1v) is 14.5. The molecule has 0 saturated carbocycles. The van der Waals surface area contributed by atoms with Crippen molar-refractivity contribution in [2.45, 2.75) is 45.9 Å². The van der Waals surface area contributed by atoms with Crippen molar-refractivity contribution in [3.63, 3.8) is 0 Å². The number of anilines is 1. The van der Waals surface area contributed by atoms with E-state index in [9.17, 15) is 22.8 Å². The zero-order chi connectivity index (χ0) is 30.7. The molecule has 43 heavy (non-hydrogen) atoms. The van der Waals surface area contributed by atoms with Gasteiger partial charge in [-0.3, -0.25) is 14.5 Å². The molecule has 0 radical (unpaired) electrons. The Morgan fingerprint density at radius 2 is 1.79 bits per heavy atom. The molecule has 1 aromatic heterocycles. The number of carbonyl (C=O) groups is 2. The van der Waals surface area contributed by atoms with E-state index in [0.717, 1.165) is 27.9 Å². The van der Waals surface area contributed by atoms with Crippen LogP contribution in [0, 0.1) is 6.92 Å². The summed E-state index contributed by atoms with van der Waals surface area (Å²) in [6, 6.07) is 18.7. The van der Waals surface area contributed by atoms with Gasteiger partial charge in [0.1, 0.15) is 12.1 Å². The van der Waals surface area contributed by atoms with Crippen molar-refractivity contribution >= 4 is 34.4 Å². The van der Waals surface area contributed by atoms with Gasteiger partial charge in [0, 0.05) is 12.0 Å². The van der Waals surface area contributed by atoms with Gasteiger partial charge in [0.15, 0.2) is 11.0 Å². The lowest BCUT2D eigenvalue weighted by molar-refractivity contribution is -0.274. The lowest BCUT2D eigenvalue weighted by atomic mass is 9.98. The van der Waals surface area contributed by atoms with Crippen molar-refractivity contribution in [2.24, 2.45) is 4.99 Å². The molecule has 1 aliphatic heterocycles. The van der Waals surface area contributed by atoms with Gasteiger partial charge in [-0.1, -0.05) is 67.6 Å². The fourth-order valence-corrected chi connectivity index (χ4v) is 5.45. The molecule has 2 heterocycles. The molecule has 222 valence electrons. The maximum absolute atomic E-state index is 12.8. The minimum Gasteiger partial charge on any atom is -0.406 e. The summed E-state index contributed by atoms with van der Waals surface area (Å²) in [4.78, 5) is 35.7. The highest BCUT2D eigenvalue weighted by atomic mass is 32.2. The Morgan fingerprint density at radius 3 is 2.47 bits per heavy atom. The Labute approximate surface area is 250 Å². The van der Waals surface area contributed by atoms with E-state index in [4.69, 9.17) is 0 Å². The number of halogens is 3. The molecular formula is C31H28F3N5O3S. The van der Waals surface area contributed by atoms with Gasteiger partial charge in [0.25, 0.3) is 0 Å². The number of aryl methyl sites for hydroxylation is 2. The number of aromatic nitrogens is 3. The molecular weight excluding hydrogens is 579 g/mol. The average Bonchev–Trinajstić information content (AvgIpc) is 3.59. The largest absolute Gasteiger partial charge is 0.573 e. The van der Waals surface area contributed by atoms with Gasteiger partial charge in [0.2, 0.25) is 11.8 Å². The first-order valence-electron chi connectivity index (χ1n) is 13.5. The summed E-state index contributed by atoms with van der Waals surface area (Å²) in [5.74, 6) is 0.144. The number of carbonyl (C=O) groups excluding carboxylic acids is 2. The van der Waals surface area contributed by atoms with Crippen LogP contribution in [0.15, 0.2) is 78.0 Å². The number of aliphatic imine (C=N–C) groups is 1. The zero-order valence-corrected chi connectivity index (χ0v) is 24.4. The zero-order valence-electron chi connectivity index (χ0n) is 23.6. The van der Waals surface area contributed by atoms with Crippen LogP contribution in [0.2, 0.25) is 0 Å². The summed E-state index contributed by atoms with van der Waals surface area (Å²) in [5, 5.41) is 4.82. The van der Waals surface area contributed by atoms with Crippen molar-refractivity contribution in [3.05, 3.63) is 89.7 Å². The minimum atomic E-state index is -4.76. The van der Waals surface area contributed by atoms with Crippen LogP contribution in [0.3, 0.4) is 0 Å². The molecule has 0 spiro atoms. The van der Waals surface area contributed by atoms with E-state index in [1.807, 2.05) is 43.3 Å².